The van der Waals surface area contributed by atoms with Gasteiger partial charge in [-0.05, 0) is 54.3 Å². The number of hydrogen-bond donors (Lipinski definition) is 1. The third-order valence-corrected chi connectivity index (χ3v) is 6.68. The normalized spacial score (nSPS) is 16.2. The standard InChI is InChI=1S/C28H32N2O5/c1-32-20-10-11-23(33-2)19(16-20)17-22-26-21(24(34-3)12-13-25(26)35-4)14-15-30(22)27(28(29)31)18-8-6-5-7-9-18/h5-13,16,22,27H,14-15,17H2,1-4H3,(H2,29,31). The summed E-state index contributed by atoms with van der Waals surface area (Å²) in [5, 5.41) is 0. The minimum Gasteiger partial charge on any atom is -0.497 e. The van der Waals surface area contributed by atoms with Crippen molar-refractivity contribution in [2.75, 3.05) is 35.0 Å². The monoisotopic (exact) mass is 476 g/mol. The van der Waals surface area contributed by atoms with Crippen molar-refractivity contribution in [3.8, 4) is 23.0 Å². The zero-order chi connectivity index (χ0) is 24.9. The third kappa shape index (κ3) is 4.77. The number of fused-ring (bicyclic) bond motifs is 1. The first-order valence-electron chi connectivity index (χ1n) is 11.6. The molecule has 7 heteroatoms. The molecule has 184 valence electrons. The molecule has 1 heterocycles. The van der Waals surface area contributed by atoms with E-state index in [1.54, 1.807) is 28.4 Å². The molecule has 0 radical (unpaired) electrons. The van der Waals surface area contributed by atoms with Crippen molar-refractivity contribution in [1.29, 1.82) is 0 Å². The lowest BCUT2D eigenvalue weighted by Crippen LogP contribution is -2.44. The van der Waals surface area contributed by atoms with Gasteiger partial charge in [0.15, 0.2) is 0 Å². The van der Waals surface area contributed by atoms with Crippen molar-refractivity contribution >= 4 is 5.91 Å². The predicted octanol–water partition coefficient (Wildman–Crippen LogP) is 4.09. The van der Waals surface area contributed by atoms with Gasteiger partial charge in [0, 0.05) is 23.7 Å². The van der Waals surface area contributed by atoms with Crippen LogP contribution in [-0.2, 0) is 17.6 Å². The fourth-order valence-corrected chi connectivity index (χ4v) is 5.11. The lowest BCUT2D eigenvalue weighted by Gasteiger charge is -2.42. The Morgan fingerprint density at radius 3 is 2.20 bits per heavy atom. The number of amides is 1. The van der Waals surface area contributed by atoms with Crippen molar-refractivity contribution in [3.05, 3.63) is 82.9 Å². The molecule has 0 aliphatic carbocycles. The second-order valence-electron chi connectivity index (χ2n) is 8.46. The van der Waals surface area contributed by atoms with Crippen LogP contribution in [0.3, 0.4) is 0 Å². The largest absolute Gasteiger partial charge is 0.497 e. The molecule has 0 bridgehead atoms. The van der Waals surface area contributed by atoms with E-state index < -0.39 is 11.9 Å². The van der Waals surface area contributed by atoms with E-state index in [-0.39, 0.29) is 6.04 Å². The molecule has 0 saturated carbocycles. The number of benzene rings is 3. The molecule has 4 rings (SSSR count). The first-order chi connectivity index (χ1) is 17.0. The van der Waals surface area contributed by atoms with E-state index in [2.05, 4.69) is 4.90 Å². The maximum absolute atomic E-state index is 12.9. The first kappa shape index (κ1) is 24.4. The van der Waals surface area contributed by atoms with E-state index in [0.717, 1.165) is 45.3 Å². The number of nitrogens with zero attached hydrogens (tertiary/aromatic N) is 1. The Balaban J connectivity index is 1.91. The SMILES string of the molecule is COc1ccc(OC)c(CC2c3c(OC)ccc(OC)c3CCN2C(C(N)=O)c2ccccc2)c1. The Morgan fingerprint density at radius 2 is 1.57 bits per heavy atom. The summed E-state index contributed by atoms with van der Waals surface area (Å²) >= 11 is 0. The number of hydrogen-bond acceptors (Lipinski definition) is 6. The van der Waals surface area contributed by atoms with Crippen LogP contribution in [0.2, 0.25) is 0 Å². The maximum atomic E-state index is 12.9. The summed E-state index contributed by atoms with van der Waals surface area (Å²) in [6.45, 7) is 0.621. The molecule has 0 fully saturated rings. The van der Waals surface area contributed by atoms with Crippen molar-refractivity contribution in [2.24, 2.45) is 5.73 Å². The van der Waals surface area contributed by atoms with Crippen molar-refractivity contribution in [1.82, 2.24) is 4.90 Å². The van der Waals surface area contributed by atoms with Crippen LogP contribution in [0.15, 0.2) is 60.7 Å². The van der Waals surface area contributed by atoms with Crippen LogP contribution in [-0.4, -0.2) is 45.8 Å². The molecule has 0 spiro atoms. The summed E-state index contributed by atoms with van der Waals surface area (Å²) in [7, 11) is 6.62. The number of ether oxygens (including phenoxy) is 4. The minimum absolute atomic E-state index is 0.234. The van der Waals surface area contributed by atoms with E-state index in [9.17, 15) is 4.79 Å². The van der Waals surface area contributed by atoms with Gasteiger partial charge in [-0.25, -0.2) is 0 Å². The maximum Gasteiger partial charge on any atom is 0.239 e. The van der Waals surface area contributed by atoms with Crippen LogP contribution in [0.5, 0.6) is 23.0 Å². The zero-order valence-electron chi connectivity index (χ0n) is 20.6. The number of carbonyl (C=O) groups is 1. The first-order valence-corrected chi connectivity index (χ1v) is 11.6. The second kappa shape index (κ2) is 10.7. The highest BCUT2D eigenvalue weighted by Crippen LogP contribution is 2.46. The van der Waals surface area contributed by atoms with Gasteiger partial charge in [0.05, 0.1) is 28.4 Å². The van der Waals surface area contributed by atoms with E-state index in [1.165, 1.54) is 0 Å². The lowest BCUT2D eigenvalue weighted by molar-refractivity contribution is -0.124. The summed E-state index contributed by atoms with van der Waals surface area (Å²) < 4.78 is 22.7. The van der Waals surface area contributed by atoms with Crippen molar-refractivity contribution in [3.63, 3.8) is 0 Å². The fourth-order valence-electron chi connectivity index (χ4n) is 5.11. The zero-order valence-corrected chi connectivity index (χ0v) is 20.6. The molecule has 7 nitrogen and oxygen atoms in total. The van der Waals surface area contributed by atoms with Crippen LogP contribution in [0.4, 0.5) is 0 Å². The summed E-state index contributed by atoms with van der Waals surface area (Å²) in [6.07, 6.45) is 1.24. The number of methoxy groups -OCH3 is 4. The Labute approximate surface area is 206 Å². The van der Waals surface area contributed by atoms with Gasteiger partial charge in [-0.15, -0.1) is 0 Å². The van der Waals surface area contributed by atoms with Crippen LogP contribution in [0.25, 0.3) is 0 Å². The minimum atomic E-state index is -0.609. The highest BCUT2D eigenvalue weighted by atomic mass is 16.5. The fraction of sp³-hybridized carbons (Fsp3) is 0.321. The average Bonchev–Trinajstić information content (AvgIpc) is 2.89. The van der Waals surface area contributed by atoms with Gasteiger partial charge >= 0.3 is 0 Å². The average molecular weight is 477 g/mol. The van der Waals surface area contributed by atoms with Crippen LogP contribution in [0, 0.1) is 0 Å². The summed E-state index contributed by atoms with van der Waals surface area (Å²) in [6, 6.07) is 18.4. The number of nitrogens with two attached hydrogens (primary N) is 1. The molecule has 3 aromatic rings. The molecular weight excluding hydrogens is 444 g/mol. The van der Waals surface area contributed by atoms with Crippen molar-refractivity contribution in [2.45, 2.75) is 24.9 Å². The van der Waals surface area contributed by atoms with Crippen LogP contribution >= 0.6 is 0 Å². The molecule has 1 aliphatic heterocycles. The Bertz CT molecular complexity index is 1180. The number of carbonyl (C=O) groups excluding carboxylic acids is 1. The molecule has 1 amide bonds. The second-order valence-corrected chi connectivity index (χ2v) is 8.46. The molecule has 0 saturated heterocycles. The quantitative estimate of drug-likeness (QED) is 0.501. The summed E-state index contributed by atoms with van der Waals surface area (Å²) in [5.41, 5.74) is 9.90. The van der Waals surface area contributed by atoms with E-state index >= 15 is 0 Å². The Morgan fingerprint density at radius 1 is 0.914 bits per heavy atom. The molecule has 2 N–H and O–H groups in total. The van der Waals surface area contributed by atoms with E-state index in [0.29, 0.717) is 19.4 Å². The van der Waals surface area contributed by atoms with Gasteiger partial charge in [0.25, 0.3) is 0 Å². The van der Waals surface area contributed by atoms with Gasteiger partial charge < -0.3 is 24.7 Å². The van der Waals surface area contributed by atoms with Crippen LogP contribution < -0.4 is 24.7 Å². The molecule has 35 heavy (non-hydrogen) atoms. The third-order valence-electron chi connectivity index (χ3n) is 6.68. The van der Waals surface area contributed by atoms with E-state index in [1.807, 2.05) is 60.7 Å². The summed E-state index contributed by atoms with van der Waals surface area (Å²) in [5.74, 6) is 2.63. The lowest BCUT2D eigenvalue weighted by atomic mass is 9.85. The molecule has 3 aromatic carbocycles. The number of rotatable bonds is 9. The van der Waals surface area contributed by atoms with Crippen molar-refractivity contribution < 1.29 is 23.7 Å². The number of primary amides is 1. The van der Waals surface area contributed by atoms with Gasteiger partial charge in [0.1, 0.15) is 29.0 Å². The molecule has 1 aliphatic rings. The molecule has 0 aromatic heterocycles. The smallest absolute Gasteiger partial charge is 0.239 e. The van der Waals surface area contributed by atoms with Gasteiger partial charge in [-0.3, -0.25) is 9.69 Å². The highest BCUT2D eigenvalue weighted by molar-refractivity contribution is 5.81. The van der Waals surface area contributed by atoms with Gasteiger partial charge in [-0.2, -0.15) is 0 Å². The molecule has 2 atom stereocenters. The molecule has 2 unspecified atom stereocenters. The van der Waals surface area contributed by atoms with Gasteiger partial charge in [-0.1, -0.05) is 30.3 Å². The molecular formula is C28H32N2O5. The van der Waals surface area contributed by atoms with E-state index in [4.69, 9.17) is 24.7 Å². The van der Waals surface area contributed by atoms with Gasteiger partial charge in [0.2, 0.25) is 5.91 Å². The topological polar surface area (TPSA) is 83.2 Å². The Kier molecular flexibility index (Phi) is 7.46. The summed E-state index contributed by atoms with van der Waals surface area (Å²) in [4.78, 5) is 15.1. The Hall–Kier alpha value is -3.71. The highest BCUT2D eigenvalue weighted by Gasteiger charge is 2.39. The predicted molar refractivity (Wildman–Crippen MR) is 134 cm³/mol. The van der Waals surface area contributed by atoms with Crippen LogP contribution in [0.1, 0.15) is 34.3 Å².